The molecule has 0 saturated carbocycles. The predicted molar refractivity (Wildman–Crippen MR) is 55.0 cm³/mol. The van der Waals surface area contributed by atoms with Crippen LogP contribution in [0.25, 0.3) is 0 Å². The van der Waals surface area contributed by atoms with Crippen molar-refractivity contribution in [2.24, 2.45) is 5.73 Å². The molecule has 2 N–H and O–H groups in total. The van der Waals surface area contributed by atoms with Gasteiger partial charge in [-0.1, -0.05) is 6.92 Å². The predicted octanol–water partition coefficient (Wildman–Crippen LogP) is 0.817. The highest BCUT2D eigenvalue weighted by atomic mass is 35.5. The summed E-state index contributed by atoms with van der Waals surface area (Å²) in [5, 5.41) is 0.655. The molecule has 0 aliphatic carbocycles. The average molecular weight is 243 g/mol. The van der Waals surface area contributed by atoms with Crippen molar-refractivity contribution in [2.45, 2.75) is 17.7 Å². The van der Waals surface area contributed by atoms with Crippen LogP contribution in [0.1, 0.15) is 11.9 Å². The van der Waals surface area contributed by atoms with E-state index in [1.807, 2.05) is 0 Å². The Kier molecular flexibility index (Phi) is 4.83. The van der Waals surface area contributed by atoms with Gasteiger partial charge in [0.25, 0.3) is 0 Å². The monoisotopic (exact) mass is 242 g/mol. The second-order valence-corrected chi connectivity index (χ2v) is 5.80. The molecular formula is C6H11ClN2O2S2. The summed E-state index contributed by atoms with van der Waals surface area (Å²) in [7, 11) is -3.09. The Morgan fingerprint density at radius 2 is 2.23 bits per heavy atom. The molecule has 7 heteroatoms. The van der Waals surface area contributed by atoms with E-state index in [0.29, 0.717) is 15.8 Å². The second kappa shape index (κ2) is 4.90. The van der Waals surface area contributed by atoms with E-state index in [0.717, 1.165) is 11.3 Å². The summed E-state index contributed by atoms with van der Waals surface area (Å²) in [6.45, 7) is 1.90. The molecule has 1 heterocycles. The van der Waals surface area contributed by atoms with Gasteiger partial charge in [0.15, 0.2) is 9.84 Å². The summed E-state index contributed by atoms with van der Waals surface area (Å²) in [4.78, 5) is 3.86. The highest BCUT2D eigenvalue weighted by molar-refractivity contribution is 7.93. The van der Waals surface area contributed by atoms with Crippen LogP contribution < -0.4 is 5.73 Å². The molecule has 76 valence electrons. The zero-order valence-electron chi connectivity index (χ0n) is 7.06. The third-order valence-electron chi connectivity index (χ3n) is 1.39. The molecular weight excluding hydrogens is 232 g/mol. The van der Waals surface area contributed by atoms with E-state index in [9.17, 15) is 8.42 Å². The molecule has 0 aliphatic heterocycles. The highest BCUT2D eigenvalue weighted by Crippen LogP contribution is 2.19. The summed E-state index contributed by atoms with van der Waals surface area (Å²) >= 11 is 1.14. The van der Waals surface area contributed by atoms with Gasteiger partial charge in [-0.15, -0.1) is 23.7 Å². The van der Waals surface area contributed by atoms with Gasteiger partial charge >= 0.3 is 0 Å². The molecule has 0 radical (unpaired) electrons. The Morgan fingerprint density at radius 1 is 1.62 bits per heavy atom. The first-order chi connectivity index (χ1) is 5.60. The van der Waals surface area contributed by atoms with Gasteiger partial charge in [-0.05, 0) is 0 Å². The lowest BCUT2D eigenvalue weighted by Crippen LogP contribution is -2.00. The fraction of sp³-hybridized carbons (Fsp3) is 0.500. The number of rotatable bonds is 3. The molecule has 0 fully saturated rings. The van der Waals surface area contributed by atoms with Crippen LogP contribution >= 0.6 is 23.7 Å². The normalized spacial score (nSPS) is 10.9. The average Bonchev–Trinajstić information content (AvgIpc) is 2.52. The van der Waals surface area contributed by atoms with Crippen LogP contribution in [0, 0.1) is 0 Å². The van der Waals surface area contributed by atoms with E-state index in [1.165, 1.54) is 6.20 Å². The molecule has 0 spiro atoms. The third kappa shape index (κ3) is 2.91. The second-order valence-electron chi connectivity index (χ2n) is 2.18. The van der Waals surface area contributed by atoms with E-state index in [4.69, 9.17) is 5.73 Å². The quantitative estimate of drug-likeness (QED) is 0.852. The van der Waals surface area contributed by atoms with Crippen LogP contribution in [0.3, 0.4) is 0 Å². The van der Waals surface area contributed by atoms with Crippen molar-refractivity contribution in [1.82, 2.24) is 4.98 Å². The van der Waals surface area contributed by atoms with Crippen LogP contribution in [0.15, 0.2) is 10.4 Å². The number of nitrogens with two attached hydrogens (primary N) is 1. The largest absolute Gasteiger partial charge is 0.325 e. The van der Waals surface area contributed by atoms with Crippen LogP contribution in [0.2, 0.25) is 0 Å². The minimum atomic E-state index is -3.09. The zero-order valence-corrected chi connectivity index (χ0v) is 9.51. The van der Waals surface area contributed by atoms with Crippen molar-refractivity contribution in [1.29, 1.82) is 0 Å². The van der Waals surface area contributed by atoms with Crippen molar-refractivity contribution in [3.63, 3.8) is 0 Å². The molecule has 1 rings (SSSR count). The number of hydrogen-bond donors (Lipinski definition) is 1. The molecule has 0 aromatic carbocycles. The Labute approximate surface area is 87.5 Å². The minimum Gasteiger partial charge on any atom is -0.325 e. The van der Waals surface area contributed by atoms with Gasteiger partial charge in [0.2, 0.25) is 0 Å². The van der Waals surface area contributed by atoms with Crippen LogP contribution in [-0.2, 0) is 16.4 Å². The van der Waals surface area contributed by atoms with E-state index in [-0.39, 0.29) is 18.2 Å². The first kappa shape index (κ1) is 12.8. The first-order valence-electron chi connectivity index (χ1n) is 3.47. The Hall–Kier alpha value is -0.170. The number of thiazole rings is 1. The van der Waals surface area contributed by atoms with Crippen molar-refractivity contribution in [3.8, 4) is 0 Å². The molecule has 0 aliphatic rings. The number of hydrogen-bond acceptors (Lipinski definition) is 5. The summed E-state index contributed by atoms with van der Waals surface area (Å²) in [6, 6.07) is 0. The summed E-state index contributed by atoms with van der Waals surface area (Å²) in [5.41, 5.74) is 5.30. The number of halogens is 1. The maximum absolute atomic E-state index is 11.3. The van der Waals surface area contributed by atoms with Gasteiger partial charge in [0, 0.05) is 6.54 Å². The van der Waals surface area contributed by atoms with Crippen molar-refractivity contribution >= 4 is 33.6 Å². The van der Waals surface area contributed by atoms with Gasteiger partial charge in [-0.3, -0.25) is 0 Å². The highest BCUT2D eigenvalue weighted by Gasteiger charge is 2.14. The van der Waals surface area contributed by atoms with E-state index in [2.05, 4.69) is 4.98 Å². The smallest absolute Gasteiger partial charge is 0.189 e. The van der Waals surface area contributed by atoms with Crippen molar-refractivity contribution in [3.05, 3.63) is 11.2 Å². The number of aromatic nitrogens is 1. The van der Waals surface area contributed by atoms with Gasteiger partial charge in [-0.2, -0.15) is 0 Å². The lowest BCUT2D eigenvalue weighted by Gasteiger charge is -1.92. The fourth-order valence-corrected chi connectivity index (χ4v) is 2.85. The maximum Gasteiger partial charge on any atom is 0.189 e. The van der Waals surface area contributed by atoms with Gasteiger partial charge in [0.1, 0.15) is 9.22 Å². The summed E-state index contributed by atoms with van der Waals surface area (Å²) < 4.78 is 22.8. The molecule has 0 bridgehead atoms. The summed E-state index contributed by atoms with van der Waals surface area (Å²) in [5.74, 6) is 0.110. The van der Waals surface area contributed by atoms with Crippen LogP contribution in [-0.4, -0.2) is 19.2 Å². The Balaban J connectivity index is 0.00000144. The molecule has 0 unspecified atom stereocenters. The Bertz CT molecular complexity index is 360. The lowest BCUT2D eigenvalue weighted by molar-refractivity contribution is 0.599. The molecule has 13 heavy (non-hydrogen) atoms. The van der Waals surface area contributed by atoms with E-state index in [1.54, 1.807) is 6.92 Å². The molecule has 0 amide bonds. The van der Waals surface area contributed by atoms with E-state index < -0.39 is 9.84 Å². The van der Waals surface area contributed by atoms with Gasteiger partial charge in [-0.25, -0.2) is 13.4 Å². The van der Waals surface area contributed by atoms with Gasteiger partial charge in [0.05, 0.1) is 11.9 Å². The van der Waals surface area contributed by atoms with Gasteiger partial charge < -0.3 is 5.73 Å². The van der Waals surface area contributed by atoms with Crippen molar-refractivity contribution < 1.29 is 8.42 Å². The molecule has 4 nitrogen and oxygen atoms in total. The Morgan fingerprint density at radius 3 is 2.62 bits per heavy atom. The van der Waals surface area contributed by atoms with Crippen LogP contribution in [0.5, 0.6) is 0 Å². The first-order valence-corrected chi connectivity index (χ1v) is 5.94. The molecule has 1 aromatic rings. The third-order valence-corrected chi connectivity index (χ3v) is 4.70. The summed E-state index contributed by atoms with van der Waals surface area (Å²) in [6.07, 6.45) is 1.37. The van der Waals surface area contributed by atoms with Crippen LogP contribution in [0.4, 0.5) is 0 Å². The topological polar surface area (TPSA) is 73.0 Å². The molecule has 0 saturated heterocycles. The lowest BCUT2D eigenvalue weighted by atomic mass is 10.7. The minimum absolute atomic E-state index is 0. The zero-order chi connectivity index (χ0) is 9.19. The molecule has 1 aromatic heterocycles. The number of nitrogens with zero attached hydrogens (tertiary/aromatic N) is 1. The molecule has 0 atom stereocenters. The SMILES string of the molecule is CCS(=O)(=O)c1cnc(CN)s1.Cl. The van der Waals surface area contributed by atoms with Crippen molar-refractivity contribution in [2.75, 3.05) is 5.75 Å². The van der Waals surface area contributed by atoms with E-state index >= 15 is 0 Å². The fourth-order valence-electron chi connectivity index (χ4n) is 0.674. The maximum atomic E-state index is 11.3. The number of sulfone groups is 1. The standard InChI is InChI=1S/C6H10N2O2S2.ClH/c1-2-12(9,10)6-4-8-5(3-7)11-6;/h4H,2-3,7H2,1H3;1H.